The van der Waals surface area contributed by atoms with Gasteiger partial charge in [-0.3, -0.25) is 0 Å². The van der Waals surface area contributed by atoms with Gasteiger partial charge in [-0.05, 0) is 66.1 Å². The fourth-order valence-electron chi connectivity index (χ4n) is 4.36. The Hall–Kier alpha value is -2.43. The summed E-state index contributed by atoms with van der Waals surface area (Å²) in [4.78, 5) is 14.1. The van der Waals surface area contributed by atoms with E-state index in [0.29, 0.717) is 5.28 Å². The highest BCUT2D eigenvalue weighted by molar-refractivity contribution is 7.19. The number of thiophene rings is 1. The fourth-order valence-corrected chi connectivity index (χ4v) is 5.70. The minimum atomic E-state index is 0.326. The first-order chi connectivity index (χ1) is 14.5. The van der Waals surface area contributed by atoms with Crippen molar-refractivity contribution >= 4 is 39.0 Å². The number of aryl methyl sites for hydroxylation is 3. The van der Waals surface area contributed by atoms with E-state index in [4.69, 9.17) is 16.6 Å². The van der Waals surface area contributed by atoms with Crippen LogP contribution in [0.15, 0.2) is 42.5 Å². The lowest BCUT2D eigenvalue weighted by Gasteiger charge is -2.30. The van der Waals surface area contributed by atoms with Crippen molar-refractivity contribution in [1.29, 1.82) is 0 Å². The number of hydrogen-bond acceptors (Lipinski definition) is 4. The summed E-state index contributed by atoms with van der Waals surface area (Å²) in [5, 5.41) is 1.47. The summed E-state index contributed by atoms with van der Waals surface area (Å²) in [6.45, 7) is 8.33. The molecule has 5 rings (SSSR count). The largest absolute Gasteiger partial charge is 0.351 e. The summed E-state index contributed by atoms with van der Waals surface area (Å²) in [6.07, 6.45) is 1.98. The number of anilines is 1. The topological polar surface area (TPSA) is 29.0 Å². The SMILES string of the molecule is CCc1sc2nc(Cl)nc(N3CCc4ccccc4C3)c2c1-c1ccc(C)c(C)c1. The molecule has 2 aromatic heterocycles. The van der Waals surface area contributed by atoms with Crippen LogP contribution in [0.2, 0.25) is 5.28 Å². The summed E-state index contributed by atoms with van der Waals surface area (Å²) in [5.74, 6) is 0.962. The third kappa shape index (κ3) is 3.28. The van der Waals surface area contributed by atoms with Crippen LogP contribution in [0.25, 0.3) is 21.3 Å². The molecule has 0 fully saturated rings. The van der Waals surface area contributed by atoms with Crippen molar-refractivity contribution in [3.8, 4) is 11.1 Å². The molecule has 3 heterocycles. The molecule has 0 saturated heterocycles. The van der Waals surface area contributed by atoms with Crippen LogP contribution in [0.4, 0.5) is 5.82 Å². The van der Waals surface area contributed by atoms with Gasteiger partial charge in [-0.2, -0.15) is 4.98 Å². The fraction of sp³-hybridized carbons (Fsp3) is 0.280. The molecule has 1 aliphatic rings. The first-order valence-corrected chi connectivity index (χ1v) is 11.6. The molecule has 2 aromatic carbocycles. The molecule has 0 atom stereocenters. The zero-order valence-corrected chi connectivity index (χ0v) is 19.1. The second kappa shape index (κ2) is 7.68. The Kier molecular flexibility index (Phi) is 5.00. The van der Waals surface area contributed by atoms with E-state index in [1.807, 2.05) is 0 Å². The van der Waals surface area contributed by atoms with Gasteiger partial charge < -0.3 is 4.90 Å². The number of nitrogens with zero attached hydrogens (tertiary/aromatic N) is 3. The van der Waals surface area contributed by atoms with E-state index in [0.717, 1.165) is 42.0 Å². The molecule has 5 heteroatoms. The van der Waals surface area contributed by atoms with Crippen molar-refractivity contribution in [3.63, 3.8) is 0 Å². The van der Waals surface area contributed by atoms with Crippen molar-refractivity contribution in [3.05, 3.63) is 74.9 Å². The van der Waals surface area contributed by atoms with Crippen molar-refractivity contribution in [2.45, 2.75) is 40.2 Å². The maximum absolute atomic E-state index is 6.40. The zero-order chi connectivity index (χ0) is 20.8. The predicted octanol–water partition coefficient (Wildman–Crippen LogP) is 6.75. The predicted molar refractivity (Wildman–Crippen MR) is 128 cm³/mol. The molecule has 0 unspecified atom stereocenters. The highest BCUT2D eigenvalue weighted by Crippen LogP contribution is 2.44. The van der Waals surface area contributed by atoms with Gasteiger partial charge in [0.1, 0.15) is 10.6 Å². The monoisotopic (exact) mass is 433 g/mol. The highest BCUT2D eigenvalue weighted by Gasteiger charge is 2.25. The molecule has 1 aliphatic heterocycles. The van der Waals surface area contributed by atoms with Gasteiger partial charge in [-0.15, -0.1) is 11.3 Å². The Morgan fingerprint density at radius 3 is 2.60 bits per heavy atom. The van der Waals surface area contributed by atoms with Gasteiger partial charge in [0.25, 0.3) is 0 Å². The number of rotatable bonds is 3. The molecule has 0 saturated carbocycles. The van der Waals surface area contributed by atoms with Crippen molar-refractivity contribution in [2.24, 2.45) is 0 Å². The summed E-state index contributed by atoms with van der Waals surface area (Å²) in [5.41, 5.74) is 7.92. The Labute approximate surface area is 186 Å². The van der Waals surface area contributed by atoms with Gasteiger partial charge in [-0.1, -0.05) is 49.4 Å². The summed E-state index contributed by atoms with van der Waals surface area (Å²) >= 11 is 8.14. The number of hydrogen-bond donors (Lipinski definition) is 0. The standard InChI is InChI=1S/C25H24ClN3S/c1-4-20-21(18-10-9-15(2)16(3)13-18)22-23(27-25(26)28-24(22)30-20)29-12-11-17-7-5-6-8-19(17)14-29/h5-10,13H,4,11-12,14H2,1-3H3. The third-order valence-corrected chi connectivity index (χ3v) is 7.52. The normalized spacial score (nSPS) is 13.7. The third-order valence-electron chi connectivity index (χ3n) is 6.13. The van der Waals surface area contributed by atoms with Crippen molar-refractivity contribution in [2.75, 3.05) is 11.4 Å². The summed E-state index contributed by atoms with van der Waals surface area (Å²) in [6, 6.07) is 15.4. The Balaban J connectivity index is 1.73. The minimum absolute atomic E-state index is 0.326. The van der Waals surface area contributed by atoms with Crippen molar-refractivity contribution < 1.29 is 0 Å². The average Bonchev–Trinajstić information content (AvgIpc) is 3.13. The van der Waals surface area contributed by atoms with Crippen LogP contribution in [0.3, 0.4) is 0 Å². The van der Waals surface area contributed by atoms with Crippen LogP contribution in [-0.4, -0.2) is 16.5 Å². The van der Waals surface area contributed by atoms with Crippen molar-refractivity contribution in [1.82, 2.24) is 9.97 Å². The number of fused-ring (bicyclic) bond motifs is 2. The average molecular weight is 434 g/mol. The maximum atomic E-state index is 6.40. The molecule has 0 aliphatic carbocycles. The molecule has 0 N–H and O–H groups in total. The first-order valence-electron chi connectivity index (χ1n) is 10.4. The summed E-state index contributed by atoms with van der Waals surface area (Å²) in [7, 11) is 0. The highest BCUT2D eigenvalue weighted by atomic mass is 35.5. The van der Waals surface area contributed by atoms with Gasteiger partial charge >= 0.3 is 0 Å². The van der Waals surface area contributed by atoms with Crippen LogP contribution < -0.4 is 4.90 Å². The number of halogens is 1. The Morgan fingerprint density at radius 2 is 1.83 bits per heavy atom. The van der Waals surface area contributed by atoms with E-state index in [1.165, 1.54) is 38.3 Å². The smallest absolute Gasteiger partial charge is 0.225 e. The molecule has 0 spiro atoms. The molecule has 4 aromatic rings. The van der Waals surface area contributed by atoms with Gasteiger partial charge in [0.05, 0.1) is 5.39 Å². The molecule has 30 heavy (non-hydrogen) atoms. The van der Waals surface area contributed by atoms with Crippen LogP contribution in [0, 0.1) is 13.8 Å². The minimum Gasteiger partial charge on any atom is -0.351 e. The number of benzene rings is 2. The van der Waals surface area contributed by atoms with Gasteiger partial charge in [0.15, 0.2) is 0 Å². The van der Waals surface area contributed by atoms with E-state index in [2.05, 4.69) is 73.1 Å². The lowest BCUT2D eigenvalue weighted by Crippen LogP contribution is -2.31. The quantitative estimate of drug-likeness (QED) is 0.334. The van der Waals surface area contributed by atoms with Crippen LogP contribution >= 0.6 is 22.9 Å². The Bertz CT molecular complexity index is 1260. The molecule has 0 bridgehead atoms. The maximum Gasteiger partial charge on any atom is 0.225 e. The summed E-state index contributed by atoms with van der Waals surface area (Å²) < 4.78 is 0. The Morgan fingerprint density at radius 1 is 1.03 bits per heavy atom. The molecular formula is C25H24ClN3S. The molecule has 0 amide bonds. The lowest BCUT2D eigenvalue weighted by molar-refractivity contribution is 0.723. The second-order valence-corrected chi connectivity index (χ2v) is 9.41. The molecular weight excluding hydrogens is 410 g/mol. The van der Waals surface area contributed by atoms with Gasteiger partial charge in [0, 0.05) is 23.5 Å². The lowest BCUT2D eigenvalue weighted by atomic mass is 9.97. The zero-order valence-electron chi connectivity index (χ0n) is 17.5. The van der Waals surface area contributed by atoms with E-state index in [1.54, 1.807) is 11.3 Å². The first kappa shape index (κ1) is 19.5. The van der Waals surface area contributed by atoms with Crippen LogP contribution in [0.5, 0.6) is 0 Å². The van der Waals surface area contributed by atoms with Crippen LogP contribution in [-0.2, 0) is 19.4 Å². The van der Waals surface area contributed by atoms with Gasteiger partial charge in [0.2, 0.25) is 5.28 Å². The number of aromatic nitrogens is 2. The van der Waals surface area contributed by atoms with E-state index >= 15 is 0 Å². The molecule has 3 nitrogen and oxygen atoms in total. The van der Waals surface area contributed by atoms with E-state index < -0.39 is 0 Å². The van der Waals surface area contributed by atoms with E-state index in [9.17, 15) is 0 Å². The van der Waals surface area contributed by atoms with Crippen LogP contribution in [0.1, 0.15) is 34.1 Å². The second-order valence-electron chi connectivity index (χ2n) is 7.99. The molecule has 152 valence electrons. The molecule has 0 radical (unpaired) electrons. The van der Waals surface area contributed by atoms with E-state index in [-0.39, 0.29) is 0 Å². The van der Waals surface area contributed by atoms with Gasteiger partial charge in [-0.25, -0.2) is 4.98 Å².